The van der Waals surface area contributed by atoms with Crippen LogP contribution >= 0.6 is 0 Å². The van der Waals surface area contributed by atoms with Crippen LogP contribution in [-0.4, -0.2) is 11.1 Å². The molecule has 18 heavy (non-hydrogen) atoms. The van der Waals surface area contributed by atoms with Gasteiger partial charge in [0.25, 0.3) is 0 Å². The number of rotatable bonds is 3. The molecule has 0 aliphatic heterocycles. The van der Waals surface area contributed by atoms with Crippen LogP contribution in [0.15, 0.2) is 40.8 Å². The van der Waals surface area contributed by atoms with Crippen LogP contribution in [0, 0.1) is 11.6 Å². The highest BCUT2D eigenvalue weighted by Crippen LogP contribution is 2.25. The maximum Gasteiger partial charge on any atom is 0.328 e. The fourth-order valence-electron chi connectivity index (χ4n) is 1.43. The number of carbonyl (C=O) groups is 1. The Morgan fingerprint density at radius 1 is 1.22 bits per heavy atom. The second-order valence-corrected chi connectivity index (χ2v) is 3.50. The minimum atomic E-state index is -1.11. The topological polar surface area (TPSA) is 50.4 Å². The first-order chi connectivity index (χ1) is 8.56. The zero-order chi connectivity index (χ0) is 13.1. The van der Waals surface area contributed by atoms with Crippen LogP contribution in [0.4, 0.5) is 8.78 Å². The predicted octanol–water partition coefficient (Wildman–Crippen LogP) is 3.32. The third kappa shape index (κ3) is 2.63. The summed E-state index contributed by atoms with van der Waals surface area (Å²) in [6.45, 7) is 0. The van der Waals surface area contributed by atoms with Crippen molar-refractivity contribution in [1.29, 1.82) is 0 Å². The number of aliphatic carboxylic acids is 1. The zero-order valence-corrected chi connectivity index (χ0v) is 9.06. The van der Waals surface area contributed by atoms with Gasteiger partial charge in [0.1, 0.15) is 23.2 Å². The van der Waals surface area contributed by atoms with Crippen LogP contribution in [0.5, 0.6) is 0 Å². The first kappa shape index (κ1) is 12.0. The Kier molecular flexibility index (Phi) is 3.23. The van der Waals surface area contributed by atoms with Crippen LogP contribution in [0.2, 0.25) is 0 Å². The molecule has 3 nitrogen and oxygen atoms in total. The van der Waals surface area contributed by atoms with E-state index in [1.54, 1.807) is 0 Å². The van der Waals surface area contributed by atoms with Gasteiger partial charge in [-0.15, -0.1) is 0 Å². The number of hydrogen-bond acceptors (Lipinski definition) is 2. The molecule has 0 aliphatic rings. The average molecular weight is 250 g/mol. The Morgan fingerprint density at radius 3 is 2.67 bits per heavy atom. The summed E-state index contributed by atoms with van der Waals surface area (Å²) >= 11 is 0. The standard InChI is InChI=1S/C13H8F2O3/c14-8-1-4-10(11(15)7-8)12-5-2-9(18-12)3-6-13(16)17/h1-7H,(H,16,17)/b6-3-. The Balaban J connectivity index is 2.32. The summed E-state index contributed by atoms with van der Waals surface area (Å²) in [4.78, 5) is 10.3. The highest BCUT2D eigenvalue weighted by Gasteiger charge is 2.09. The normalized spacial score (nSPS) is 11.0. The molecular weight excluding hydrogens is 242 g/mol. The fraction of sp³-hybridized carbons (Fsp3) is 0. The molecule has 0 fully saturated rings. The van der Waals surface area contributed by atoms with Gasteiger partial charge in [-0.05, 0) is 30.3 Å². The lowest BCUT2D eigenvalue weighted by Gasteiger charge is -1.98. The molecule has 5 heteroatoms. The second-order valence-electron chi connectivity index (χ2n) is 3.50. The Hall–Kier alpha value is -2.43. The van der Waals surface area contributed by atoms with E-state index in [-0.39, 0.29) is 17.1 Å². The molecule has 1 N–H and O–H groups in total. The molecule has 0 saturated carbocycles. The largest absolute Gasteiger partial charge is 0.478 e. The molecule has 0 saturated heterocycles. The molecule has 0 aliphatic carbocycles. The molecule has 2 rings (SSSR count). The van der Waals surface area contributed by atoms with E-state index in [0.717, 1.165) is 18.2 Å². The molecule has 0 atom stereocenters. The van der Waals surface area contributed by atoms with Crippen LogP contribution in [0.3, 0.4) is 0 Å². The highest BCUT2D eigenvalue weighted by molar-refractivity contribution is 5.84. The molecular formula is C13H8F2O3. The van der Waals surface area contributed by atoms with Crippen molar-refractivity contribution in [3.8, 4) is 11.3 Å². The number of furan rings is 1. The summed E-state index contributed by atoms with van der Waals surface area (Å²) in [6, 6.07) is 6.11. The van der Waals surface area contributed by atoms with Gasteiger partial charge in [-0.1, -0.05) is 0 Å². The SMILES string of the molecule is O=C(O)/C=C\c1ccc(-c2ccc(F)cc2F)o1. The van der Waals surface area contributed by atoms with E-state index in [9.17, 15) is 13.6 Å². The van der Waals surface area contributed by atoms with Gasteiger partial charge in [-0.2, -0.15) is 0 Å². The first-order valence-electron chi connectivity index (χ1n) is 5.02. The first-order valence-corrected chi connectivity index (χ1v) is 5.02. The van der Waals surface area contributed by atoms with Gasteiger partial charge < -0.3 is 9.52 Å². The van der Waals surface area contributed by atoms with E-state index in [4.69, 9.17) is 9.52 Å². The predicted molar refractivity (Wildman–Crippen MR) is 60.7 cm³/mol. The molecule has 0 radical (unpaired) electrons. The van der Waals surface area contributed by atoms with Crippen molar-refractivity contribution >= 4 is 12.0 Å². The van der Waals surface area contributed by atoms with Crippen LogP contribution in [0.1, 0.15) is 5.76 Å². The summed E-state index contributed by atoms with van der Waals surface area (Å²) in [6.07, 6.45) is 2.15. The summed E-state index contributed by atoms with van der Waals surface area (Å²) in [7, 11) is 0. The van der Waals surface area contributed by atoms with E-state index in [1.807, 2.05) is 0 Å². The molecule has 92 valence electrons. The van der Waals surface area contributed by atoms with Gasteiger partial charge in [0.05, 0.1) is 5.56 Å². The van der Waals surface area contributed by atoms with E-state index in [1.165, 1.54) is 24.3 Å². The maximum absolute atomic E-state index is 13.4. The lowest BCUT2D eigenvalue weighted by atomic mass is 10.1. The summed E-state index contributed by atoms with van der Waals surface area (Å²) in [5, 5.41) is 8.44. The van der Waals surface area contributed by atoms with E-state index < -0.39 is 17.6 Å². The third-order valence-electron chi connectivity index (χ3n) is 2.21. The number of benzene rings is 1. The van der Waals surface area contributed by atoms with Crippen molar-refractivity contribution in [2.24, 2.45) is 0 Å². The van der Waals surface area contributed by atoms with Gasteiger partial charge in [-0.3, -0.25) is 0 Å². The number of halogens is 2. The van der Waals surface area contributed by atoms with Gasteiger partial charge >= 0.3 is 5.97 Å². The van der Waals surface area contributed by atoms with Crippen LogP contribution in [0.25, 0.3) is 17.4 Å². The van der Waals surface area contributed by atoms with E-state index >= 15 is 0 Å². The number of carboxylic acid groups (broad SMARTS) is 1. The van der Waals surface area contributed by atoms with Crippen molar-refractivity contribution < 1.29 is 23.1 Å². The molecule has 0 spiro atoms. The molecule has 2 aromatic rings. The van der Waals surface area contributed by atoms with Gasteiger partial charge in [0, 0.05) is 12.1 Å². The fourth-order valence-corrected chi connectivity index (χ4v) is 1.43. The Labute approximate surface area is 101 Å². The average Bonchev–Trinajstić information content (AvgIpc) is 2.75. The van der Waals surface area contributed by atoms with Crippen molar-refractivity contribution in [3.05, 3.63) is 53.8 Å². The molecule has 1 aromatic carbocycles. The van der Waals surface area contributed by atoms with Crippen LogP contribution in [-0.2, 0) is 4.79 Å². The zero-order valence-electron chi connectivity index (χ0n) is 9.06. The molecule has 0 amide bonds. The Bertz CT molecular complexity index is 614. The third-order valence-corrected chi connectivity index (χ3v) is 2.21. The van der Waals surface area contributed by atoms with E-state index in [0.29, 0.717) is 0 Å². The lowest BCUT2D eigenvalue weighted by molar-refractivity contribution is -0.131. The monoisotopic (exact) mass is 250 g/mol. The lowest BCUT2D eigenvalue weighted by Crippen LogP contribution is -1.85. The highest BCUT2D eigenvalue weighted by atomic mass is 19.1. The van der Waals surface area contributed by atoms with Gasteiger partial charge in [0.2, 0.25) is 0 Å². The number of carboxylic acids is 1. The minimum absolute atomic E-state index is 0.117. The molecule has 1 aromatic heterocycles. The molecule has 1 heterocycles. The number of hydrogen-bond donors (Lipinski definition) is 1. The quantitative estimate of drug-likeness (QED) is 0.850. The van der Waals surface area contributed by atoms with Crippen molar-refractivity contribution in [2.45, 2.75) is 0 Å². The molecule has 0 bridgehead atoms. The van der Waals surface area contributed by atoms with Gasteiger partial charge in [-0.25, -0.2) is 13.6 Å². The maximum atomic E-state index is 13.4. The summed E-state index contributed by atoms with van der Waals surface area (Å²) in [5.41, 5.74) is 0.117. The Morgan fingerprint density at radius 2 is 2.00 bits per heavy atom. The molecule has 0 unspecified atom stereocenters. The van der Waals surface area contributed by atoms with Crippen molar-refractivity contribution in [1.82, 2.24) is 0 Å². The smallest absolute Gasteiger partial charge is 0.328 e. The minimum Gasteiger partial charge on any atom is -0.478 e. The van der Waals surface area contributed by atoms with E-state index in [2.05, 4.69) is 0 Å². The van der Waals surface area contributed by atoms with Gasteiger partial charge in [0.15, 0.2) is 0 Å². The summed E-state index contributed by atoms with van der Waals surface area (Å²) < 4.78 is 31.4. The second kappa shape index (κ2) is 4.83. The summed E-state index contributed by atoms with van der Waals surface area (Å²) in [5.74, 6) is -2.04. The van der Waals surface area contributed by atoms with Crippen LogP contribution < -0.4 is 0 Å². The van der Waals surface area contributed by atoms with Crippen molar-refractivity contribution in [3.63, 3.8) is 0 Å². The van der Waals surface area contributed by atoms with Crippen molar-refractivity contribution in [2.75, 3.05) is 0 Å².